The molecule has 0 bridgehead atoms. The number of thiazole rings is 1. The third-order valence-corrected chi connectivity index (χ3v) is 5.70. The maximum Gasteiger partial charge on any atom is 0.177 e. The fourth-order valence-corrected chi connectivity index (χ4v) is 4.30. The third-order valence-electron chi connectivity index (χ3n) is 4.87. The standard InChI is InChI=1S/C19H24N5S/c1-23-9-8-17-14(11-23)7-10-24(17)12-18-22-16(13-25-18)19(20)21-15-5-3-2-4-6-15/h7-11,13,15H,2-6,12H2,1H3,(H2,20,21)/q+1. The molecule has 0 unspecified atom stereocenters. The van der Waals surface area contributed by atoms with Gasteiger partial charge in [0.15, 0.2) is 12.4 Å². The number of aromatic nitrogens is 3. The highest BCUT2D eigenvalue weighted by Crippen LogP contribution is 2.21. The Hall–Kier alpha value is -2.21. The maximum absolute atomic E-state index is 6.20. The first kappa shape index (κ1) is 16.3. The molecule has 1 aliphatic rings. The van der Waals surface area contributed by atoms with Gasteiger partial charge in [-0.1, -0.05) is 19.3 Å². The molecule has 1 saturated carbocycles. The highest BCUT2D eigenvalue weighted by atomic mass is 32.1. The second-order valence-electron chi connectivity index (χ2n) is 6.83. The van der Waals surface area contributed by atoms with Crippen LogP contribution in [0.25, 0.3) is 10.9 Å². The average molecular weight is 355 g/mol. The molecule has 2 N–H and O–H groups in total. The van der Waals surface area contributed by atoms with Gasteiger partial charge >= 0.3 is 0 Å². The predicted molar refractivity (Wildman–Crippen MR) is 102 cm³/mol. The summed E-state index contributed by atoms with van der Waals surface area (Å²) < 4.78 is 4.29. The molecule has 3 heterocycles. The van der Waals surface area contributed by atoms with Crippen molar-refractivity contribution in [2.24, 2.45) is 17.8 Å². The van der Waals surface area contributed by atoms with Crippen LogP contribution in [-0.4, -0.2) is 21.4 Å². The number of amidine groups is 1. The van der Waals surface area contributed by atoms with Gasteiger partial charge in [0.25, 0.3) is 0 Å². The van der Waals surface area contributed by atoms with Crippen LogP contribution in [-0.2, 0) is 13.6 Å². The van der Waals surface area contributed by atoms with Crippen LogP contribution >= 0.6 is 11.3 Å². The van der Waals surface area contributed by atoms with Gasteiger partial charge in [-0.25, -0.2) is 9.55 Å². The molecule has 5 nitrogen and oxygen atoms in total. The topological polar surface area (TPSA) is 60.1 Å². The van der Waals surface area contributed by atoms with Crippen molar-refractivity contribution < 1.29 is 4.57 Å². The molecule has 3 aromatic heterocycles. The van der Waals surface area contributed by atoms with Crippen molar-refractivity contribution in [2.45, 2.75) is 44.7 Å². The second-order valence-corrected chi connectivity index (χ2v) is 7.77. The number of rotatable bonds is 4. The van der Waals surface area contributed by atoms with Crippen molar-refractivity contribution in [3.63, 3.8) is 0 Å². The zero-order valence-corrected chi connectivity index (χ0v) is 15.4. The Balaban J connectivity index is 1.51. The van der Waals surface area contributed by atoms with Crippen molar-refractivity contribution >= 4 is 28.1 Å². The van der Waals surface area contributed by atoms with Crippen LogP contribution in [0.1, 0.15) is 42.8 Å². The summed E-state index contributed by atoms with van der Waals surface area (Å²) in [6.07, 6.45) is 12.5. The van der Waals surface area contributed by atoms with E-state index in [0.717, 1.165) is 30.1 Å². The first-order chi connectivity index (χ1) is 12.2. The van der Waals surface area contributed by atoms with Gasteiger partial charge in [0.05, 0.1) is 23.5 Å². The van der Waals surface area contributed by atoms with E-state index in [0.29, 0.717) is 11.9 Å². The lowest BCUT2D eigenvalue weighted by atomic mass is 9.96. The van der Waals surface area contributed by atoms with E-state index < -0.39 is 0 Å². The molecular weight excluding hydrogens is 330 g/mol. The number of fused-ring (bicyclic) bond motifs is 1. The van der Waals surface area contributed by atoms with E-state index in [2.05, 4.69) is 39.9 Å². The molecule has 25 heavy (non-hydrogen) atoms. The van der Waals surface area contributed by atoms with Crippen molar-refractivity contribution in [3.05, 3.63) is 46.8 Å². The van der Waals surface area contributed by atoms with Crippen LogP contribution in [0, 0.1) is 0 Å². The number of pyridine rings is 1. The van der Waals surface area contributed by atoms with Crippen molar-refractivity contribution in [3.8, 4) is 0 Å². The van der Waals surface area contributed by atoms with Gasteiger partial charge in [0, 0.05) is 17.6 Å². The molecule has 0 aromatic carbocycles. The minimum Gasteiger partial charge on any atom is -0.382 e. The Labute approximate surface area is 151 Å². The Morgan fingerprint density at radius 3 is 3.04 bits per heavy atom. The number of nitrogens with zero attached hydrogens (tertiary/aromatic N) is 4. The molecule has 6 heteroatoms. The van der Waals surface area contributed by atoms with E-state index in [4.69, 9.17) is 15.7 Å². The van der Waals surface area contributed by atoms with E-state index in [9.17, 15) is 0 Å². The van der Waals surface area contributed by atoms with E-state index in [1.165, 1.54) is 30.2 Å². The largest absolute Gasteiger partial charge is 0.382 e. The molecule has 3 aromatic rings. The summed E-state index contributed by atoms with van der Waals surface area (Å²) in [4.78, 5) is 9.42. The second kappa shape index (κ2) is 6.96. The summed E-state index contributed by atoms with van der Waals surface area (Å²) >= 11 is 1.65. The number of aliphatic imine (C=N–C) groups is 1. The summed E-state index contributed by atoms with van der Waals surface area (Å²) in [5.41, 5.74) is 8.25. The Morgan fingerprint density at radius 1 is 1.36 bits per heavy atom. The van der Waals surface area contributed by atoms with Gasteiger partial charge < -0.3 is 10.3 Å². The smallest absolute Gasteiger partial charge is 0.177 e. The average Bonchev–Trinajstić information content (AvgIpc) is 3.23. The molecule has 0 aliphatic heterocycles. The normalized spacial score (nSPS) is 16.6. The van der Waals surface area contributed by atoms with Crippen molar-refractivity contribution in [1.82, 2.24) is 9.55 Å². The summed E-state index contributed by atoms with van der Waals surface area (Å²) in [7, 11) is 2.04. The van der Waals surface area contributed by atoms with Gasteiger partial charge in [-0.2, -0.15) is 0 Å². The minimum absolute atomic E-state index is 0.382. The molecule has 0 spiro atoms. The Kier molecular flexibility index (Phi) is 4.53. The quantitative estimate of drug-likeness (QED) is 0.445. The van der Waals surface area contributed by atoms with Gasteiger partial charge in [-0.15, -0.1) is 11.3 Å². The number of hydrogen-bond acceptors (Lipinski definition) is 3. The van der Waals surface area contributed by atoms with Gasteiger partial charge in [0.2, 0.25) is 0 Å². The van der Waals surface area contributed by atoms with Crippen LogP contribution < -0.4 is 10.3 Å². The molecular formula is C19H24N5S+. The zero-order chi connectivity index (χ0) is 17.2. The summed E-state index contributed by atoms with van der Waals surface area (Å²) in [5, 5.41) is 4.32. The van der Waals surface area contributed by atoms with Crippen LogP contribution in [0.2, 0.25) is 0 Å². The Bertz CT molecular complexity index is 902. The summed E-state index contributed by atoms with van der Waals surface area (Å²) in [5.74, 6) is 0.596. The summed E-state index contributed by atoms with van der Waals surface area (Å²) in [6.45, 7) is 0.763. The van der Waals surface area contributed by atoms with E-state index >= 15 is 0 Å². The van der Waals surface area contributed by atoms with Crippen LogP contribution in [0.5, 0.6) is 0 Å². The molecule has 0 atom stereocenters. The maximum atomic E-state index is 6.20. The van der Waals surface area contributed by atoms with Gasteiger partial charge in [-0.05, 0) is 18.9 Å². The molecule has 0 radical (unpaired) electrons. The SMILES string of the molecule is C[n+]1ccc2c(ccn2Cc2nc(C(N)=NC3CCCCC3)cs2)c1. The van der Waals surface area contributed by atoms with Crippen molar-refractivity contribution in [2.75, 3.05) is 0 Å². The zero-order valence-electron chi connectivity index (χ0n) is 14.6. The number of hydrogen-bond donors (Lipinski definition) is 1. The minimum atomic E-state index is 0.382. The van der Waals surface area contributed by atoms with Gasteiger partial charge in [0.1, 0.15) is 23.6 Å². The molecule has 1 fully saturated rings. The lowest BCUT2D eigenvalue weighted by Crippen LogP contribution is -2.25. The monoisotopic (exact) mass is 354 g/mol. The Morgan fingerprint density at radius 2 is 2.20 bits per heavy atom. The fraction of sp³-hybridized carbons (Fsp3) is 0.421. The molecule has 4 rings (SSSR count). The lowest BCUT2D eigenvalue weighted by molar-refractivity contribution is -0.670. The number of aryl methyl sites for hydroxylation is 1. The van der Waals surface area contributed by atoms with Crippen LogP contribution in [0.4, 0.5) is 0 Å². The third kappa shape index (κ3) is 3.58. The van der Waals surface area contributed by atoms with Gasteiger partial charge in [-0.3, -0.25) is 4.99 Å². The number of nitrogens with two attached hydrogens (primary N) is 1. The van der Waals surface area contributed by atoms with Crippen molar-refractivity contribution in [1.29, 1.82) is 0 Å². The van der Waals surface area contributed by atoms with Crippen LogP contribution in [0.15, 0.2) is 41.1 Å². The molecule has 0 amide bonds. The van der Waals surface area contributed by atoms with E-state index in [1.54, 1.807) is 11.3 Å². The van der Waals surface area contributed by atoms with E-state index in [1.807, 2.05) is 12.4 Å². The highest BCUT2D eigenvalue weighted by molar-refractivity contribution is 7.09. The molecule has 0 saturated heterocycles. The predicted octanol–water partition coefficient (Wildman–Crippen LogP) is 3.01. The molecule has 1 aliphatic carbocycles. The highest BCUT2D eigenvalue weighted by Gasteiger charge is 2.14. The summed E-state index contributed by atoms with van der Waals surface area (Å²) in [6, 6.07) is 4.67. The first-order valence-electron chi connectivity index (χ1n) is 8.91. The van der Waals surface area contributed by atoms with E-state index in [-0.39, 0.29) is 0 Å². The lowest BCUT2D eigenvalue weighted by Gasteiger charge is -2.17. The van der Waals surface area contributed by atoms with Crippen LogP contribution in [0.3, 0.4) is 0 Å². The fourth-order valence-electron chi connectivity index (χ4n) is 3.51. The first-order valence-corrected chi connectivity index (χ1v) is 9.79. The molecule has 130 valence electrons.